The summed E-state index contributed by atoms with van der Waals surface area (Å²) in [7, 11) is 0. The molecule has 0 amide bonds. The highest BCUT2D eigenvalue weighted by Gasteiger charge is 2.33. The minimum Gasteiger partial charge on any atom is -0.480 e. The molecule has 19 heavy (non-hydrogen) atoms. The normalized spacial score (nSPS) is 31.5. The van der Waals surface area contributed by atoms with Gasteiger partial charge in [0.05, 0.1) is 6.10 Å². The lowest BCUT2D eigenvalue weighted by atomic mass is 9.91. The smallest absolute Gasteiger partial charge is 0.320 e. The lowest BCUT2D eigenvalue weighted by Gasteiger charge is -2.37. The highest BCUT2D eigenvalue weighted by molar-refractivity contribution is 5.73. The van der Waals surface area contributed by atoms with Gasteiger partial charge in [0, 0.05) is 6.54 Å². The number of aliphatic hydroxyl groups excluding tert-OH is 1. The molecule has 2 fully saturated rings. The van der Waals surface area contributed by atoms with Crippen molar-refractivity contribution in [3.05, 3.63) is 0 Å². The van der Waals surface area contributed by atoms with E-state index in [1.807, 2.05) is 4.90 Å². The molecular formula is C15H27NO3. The second-order valence-electron chi connectivity index (χ2n) is 6.52. The van der Waals surface area contributed by atoms with Gasteiger partial charge in [0.2, 0.25) is 0 Å². The summed E-state index contributed by atoms with van der Waals surface area (Å²) < 4.78 is 0. The standard InChI is InChI=1S/C15H27NO3/c1-11-6-7-16(14(8-11)15(18)19)10-13(17)9-12-4-2-3-5-12/h11-14,17H,2-10H2,1H3,(H,18,19). The monoisotopic (exact) mass is 269 g/mol. The van der Waals surface area contributed by atoms with E-state index in [9.17, 15) is 15.0 Å². The zero-order valence-corrected chi connectivity index (χ0v) is 11.9. The summed E-state index contributed by atoms with van der Waals surface area (Å²) in [6.07, 6.45) is 7.28. The van der Waals surface area contributed by atoms with E-state index < -0.39 is 12.0 Å². The molecule has 3 atom stereocenters. The van der Waals surface area contributed by atoms with Crippen LogP contribution in [0, 0.1) is 11.8 Å². The molecule has 0 bridgehead atoms. The SMILES string of the molecule is CC1CCN(CC(O)CC2CCCC2)C(C(=O)O)C1. The molecule has 2 N–H and O–H groups in total. The van der Waals surface area contributed by atoms with Gasteiger partial charge >= 0.3 is 5.97 Å². The van der Waals surface area contributed by atoms with E-state index >= 15 is 0 Å². The van der Waals surface area contributed by atoms with Crippen molar-refractivity contribution in [1.29, 1.82) is 0 Å². The first-order valence-corrected chi connectivity index (χ1v) is 7.71. The van der Waals surface area contributed by atoms with Gasteiger partial charge in [0.25, 0.3) is 0 Å². The Balaban J connectivity index is 1.83. The van der Waals surface area contributed by atoms with Crippen LogP contribution in [0.2, 0.25) is 0 Å². The average Bonchev–Trinajstić information content (AvgIpc) is 2.83. The fourth-order valence-corrected chi connectivity index (χ4v) is 3.64. The van der Waals surface area contributed by atoms with Gasteiger partial charge in [-0.15, -0.1) is 0 Å². The molecular weight excluding hydrogens is 242 g/mol. The molecule has 110 valence electrons. The van der Waals surface area contributed by atoms with Crippen LogP contribution in [0.25, 0.3) is 0 Å². The molecule has 0 aromatic rings. The number of aliphatic hydroxyl groups is 1. The Labute approximate surface area is 115 Å². The molecule has 4 nitrogen and oxygen atoms in total. The lowest BCUT2D eigenvalue weighted by molar-refractivity contribution is -0.146. The number of piperidine rings is 1. The van der Waals surface area contributed by atoms with Crippen molar-refractivity contribution in [3.8, 4) is 0 Å². The number of carbonyl (C=O) groups is 1. The maximum atomic E-state index is 11.3. The number of hydrogen-bond acceptors (Lipinski definition) is 3. The molecule has 1 saturated heterocycles. The molecule has 0 radical (unpaired) electrons. The Morgan fingerprint density at radius 2 is 2.00 bits per heavy atom. The van der Waals surface area contributed by atoms with Gasteiger partial charge in [-0.05, 0) is 37.6 Å². The van der Waals surface area contributed by atoms with Crippen molar-refractivity contribution in [1.82, 2.24) is 4.90 Å². The Morgan fingerprint density at radius 1 is 1.32 bits per heavy atom. The Hall–Kier alpha value is -0.610. The van der Waals surface area contributed by atoms with Crippen LogP contribution < -0.4 is 0 Å². The van der Waals surface area contributed by atoms with Gasteiger partial charge in [-0.3, -0.25) is 9.69 Å². The van der Waals surface area contributed by atoms with Crippen molar-refractivity contribution < 1.29 is 15.0 Å². The number of aliphatic carboxylic acids is 1. The van der Waals surface area contributed by atoms with Gasteiger partial charge < -0.3 is 10.2 Å². The zero-order valence-electron chi connectivity index (χ0n) is 11.9. The zero-order chi connectivity index (χ0) is 13.8. The number of carboxylic acids is 1. The van der Waals surface area contributed by atoms with Gasteiger partial charge in [-0.1, -0.05) is 32.6 Å². The molecule has 1 aliphatic carbocycles. The van der Waals surface area contributed by atoms with Crippen molar-refractivity contribution in [2.45, 2.75) is 64.0 Å². The van der Waals surface area contributed by atoms with E-state index in [4.69, 9.17) is 0 Å². The van der Waals surface area contributed by atoms with Crippen LogP contribution in [0.5, 0.6) is 0 Å². The summed E-state index contributed by atoms with van der Waals surface area (Å²) in [5, 5.41) is 19.5. The van der Waals surface area contributed by atoms with E-state index in [-0.39, 0.29) is 6.10 Å². The van der Waals surface area contributed by atoms with Crippen LogP contribution in [0.1, 0.15) is 51.9 Å². The van der Waals surface area contributed by atoms with Gasteiger partial charge in [0.1, 0.15) is 6.04 Å². The van der Waals surface area contributed by atoms with E-state index in [0.717, 1.165) is 19.4 Å². The third kappa shape index (κ3) is 4.18. The largest absolute Gasteiger partial charge is 0.480 e. The van der Waals surface area contributed by atoms with Gasteiger partial charge in [-0.2, -0.15) is 0 Å². The number of rotatable bonds is 5. The Bertz CT molecular complexity index is 302. The topological polar surface area (TPSA) is 60.8 Å². The van der Waals surface area contributed by atoms with Gasteiger partial charge in [-0.25, -0.2) is 0 Å². The predicted octanol–water partition coefficient (Wildman–Crippen LogP) is 2.11. The summed E-state index contributed by atoms with van der Waals surface area (Å²) >= 11 is 0. The van der Waals surface area contributed by atoms with Crippen LogP contribution in [0.4, 0.5) is 0 Å². The summed E-state index contributed by atoms with van der Waals surface area (Å²) in [5.41, 5.74) is 0. The fourth-order valence-electron chi connectivity index (χ4n) is 3.64. The van der Waals surface area contributed by atoms with Crippen molar-refractivity contribution >= 4 is 5.97 Å². The highest BCUT2D eigenvalue weighted by atomic mass is 16.4. The van der Waals surface area contributed by atoms with Crippen LogP contribution >= 0.6 is 0 Å². The molecule has 3 unspecified atom stereocenters. The molecule has 1 aliphatic heterocycles. The fraction of sp³-hybridized carbons (Fsp3) is 0.933. The maximum absolute atomic E-state index is 11.3. The van der Waals surface area contributed by atoms with Crippen LogP contribution in [-0.2, 0) is 4.79 Å². The summed E-state index contributed by atoms with van der Waals surface area (Å²) in [5.74, 6) is 0.394. The van der Waals surface area contributed by atoms with Crippen molar-refractivity contribution in [2.75, 3.05) is 13.1 Å². The van der Waals surface area contributed by atoms with E-state index in [1.165, 1.54) is 25.7 Å². The van der Waals surface area contributed by atoms with Gasteiger partial charge in [0.15, 0.2) is 0 Å². The number of carboxylic acid groups (broad SMARTS) is 1. The molecule has 2 aliphatic rings. The summed E-state index contributed by atoms with van der Waals surface area (Å²) in [4.78, 5) is 13.3. The maximum Gasteiger partial charge on any atom is 0.320 e. The minimum absolute atomic E-state index is 0.363. The van der Waals surface area contributed by atoms with E-state index in [0.29, 0.717) is 24.8 Å². The van der Waals surface area contributed by atoms with Crippen LogP contribution in [0.3, 0.4) is 0 Å². The van der Waals surface area contributed by atoms with Crippen LogP contribution in [0.15, 0.2) is 0 Å². The first-order chi connectivity index (χ1) is 9.06. The number of hydrogen-bond donors (Lipinski definition) is 2. The summed E-state index contributed by atoms with van der Waals surface area (Å²) in [6, 6.07) is -0.401. The lowest BCUT2D eigenvalue weighted by Crippen LogP contribution is -2.49. The highest BCUT2D eigenvalue weighted by Crippen LogP contribution is 2.29. The number of β-amino-alcohol motifs (C(OH)–C–C–N with tert-alkyl or cyclic N) is 1. The van der Waals surface area contributed by atoms with Crippen molar-refractivity contribution in [2.24, 2.45) is 11.8 Å². The molecule has 0 aromatic carbocycles. The Morgan fingerprint density at radius 3 is 2.63 bits per heavy atom. The Kier molecular flexibility index (Phi) is 5.22. The second-order valence-corrected chi connectivity index (χ2v) is 6.52. The first-order valence-electron chi connectivity index (χ1n) is 7.71. The van der Waals surface area contributed by atoms with E-state index in [2.05, 4.69) is 6.92 Å². The third-order valence-corrected chi connectivity index (χ3v) is 4.79. The molecule has 4 heteroatoms. The molecule has 0 aromatic heterocycles. The van der Waals surface area contributed by atoms with Crippen molar-refractivity contribution in [3.63, 3.8) is 0 Å². The quantitative estimate of drug-likeness (QED) is 0.802. The predicted molar refractivity (Wildman–Crippen MR) is 74.0 cm³/mol. The second kappa shape index (κ2) is 6.71. The van der Waals surface area contributed by atoms with E-state index in [1.54, 1.807) is 0 Å². The molecule has 1 saturated carbocycles. The molecule has 2 rings (SSSR count). The third-order valence-electron chi connectivity index (χ3n) is 4.79. The molecule has 1 heterocycles. The van der Waals surface area contributed by atoms with Crippen LogP contribution in [-0.4, -0.2) is 46.3 Å². The first kappa shape index (κ1) is 14.8. The summed E-state index contributed by atoms with van der Waals surface area (Å²) in [6.45, 7) is 3.45. The minimum atomic E-state index is -0.736. The number of nitrogens with zero attached hydrogens (tertiary/aromatic N) is 1. The molecule has 0 spiro atoms. The number of likely N-dealkylation sites (tertiary alicyclic amines) is 1. The average molecular weight is 269 g/mol.